The van der Waals surface area contributed by atoms with E-state index in [1.807, 2.05) is 25.1 Å². The highest BCUT2D eigenvalue weighted by Crippen LogP contribution is 2.31. The molecule has 0 fully saturated rings. The predicted molar refractivity (Wildman–Crippen MR) is 80.4 cm³/mol. The molecule has 0 unspecified atom stereocenters. The number of anilines is 2. The number of rotatable bonds is 4. The number of carbonyl (C=O) groups excluding carboxylic acids is 1. The number of benzene rings is 1. The third kappa shape index (κ3) is 2.84. The van der Waals surface area contributed by atoms with E-state index in [0.29, 0.717) is 19.7 Å². The molecule has 0 spiro atoms. The molecule has 0 saturated carbocycles. The van der Waals surface area contributed by atoms with Gasteiger partial charge in [0.2, 0.25) is 0 Å². The third-order valence-electron chi connectivity index (χ3n) is 3.50. The Morgan fingerprint density at radius 2 is 2.38 bits per heavy atom. The molecule has 1 amide bonds. The second-order valence-corrected chi connectivity index (χ2v) is 4.88. The van der Waals surface area contributed by atoms with Gasteiger partial charge in [-0.1, -0.05) is 0 Å². The Balaban J connectivity index is 1.69. The summed E-state index contributed by atoms with van der Waals surface area (Å²) in [6.07, 6.45) is 2.32. The zero-order valence-corrected chi connectivity index (χ0v) is 11.9. The molecular weight excluding hydrogens is 268 g/mol. The molecule has 0 saturated heterocycles. The van der Waals surface area contributed by atoms with Crippen molar-refractivity contribution in [1.29, 1.82) is 0 Å². The maximum Gasteiger partial charge on any atom is 0.414 e. The monoisotopic (exact) mass is 286 g/mol. The number of nitrogens with one attached hydrogen (secondary N) is 2. The van der Waals surface area contributed by atoms with Crippen LogP contribution in [0.1, 0.15) is 18.2 Å². The zero-order valence-electron chi connectivity index (χ0n) is 11.9. The van der Waals surface area contributed by atoms with Crippen molar-refractivity contribution in [3.8, 4) is 0 Å². The summed E-state index contributed by atoms with van der Waals surface area (Å²) in [5, 5.41) is 10.2. The lowest BCUT2D eigenvalue weighted by molar-refractivity contribution is 0.160. The van der Waals surface area contributed by atoms with Crippen molar-refractivity contribution in [2.45, 2.75) is 19.9 Å². The molecule has 0 bridgehead atoms. The fourth-order valence-corrected chi connectivity index (χ4v) is 2.48. The van der Waals surface area contributed by atoms with Gasteiger partial charge in [0.25, 0.3) is 0 Å². The first-order valence-electron chi connectivity index (χ1n) is 7.07. The Morgan fingerprint density at radius 3 is 3.14 bits per heavy atom. The number of hydrogen-bond donors (Lipinski definition) is 2. The summed E-state index contributed by atoms with van der Waals surface area (Å²) in [6.45, 7) is 3.59. The number of fused-ring (bicyclic) bond motifs is 1. The van der Waals surface area contributed by atoms with Crippen LogP contribution in [0.15, 0.2) is 30.5 Å². The van der Waals surface area contributed by atoms with E-state index < -0.39 is 0 Å². The van der Waals surface area contributed by atoms with Crippen LogP contribution < -0.4 is 10.2 Å². The topological polar surface area (TPSA) is 70.2 Å². The quantitative estimate of drug-likeness (QED) is 0.906. The van der Waals surface area contributed by atoms with Gasteiger partial charge in [0.05, 0.1) is 24.5 Å². The zero-order chi connectivity index (χ0) is 14.7. The van der Waals surface area contributed by atoms with Gasteiger partial charge in [-0.3, -0.25) is 10.00 Å². The number of aromatic nitrogens is 2. The minimum absolute atomic E-state index is 0.269. The van der Waals surface area contributed by atoms with Gasteiger partial charge >= 0.3 is 6.09 Å². The third-order valence-corrected chi connectivity index (χ3v) is 3.50. The van der Waals surface area contributed by atoms with E-state index >= 15 is 0 Å². The first-order chi connectivity index (χ1) is 10.3. The molecule has 0 radical (unpaired) electrons. The highest BCUT2D eigenvalue weighted by Gasteiger charge is 2.25. The Bertz CT molecular complexity index is 625. The van der Waals surface area contributed by atoms with Gasteiger partial charge < -0.3 is 10.1 Å². The van der Waals surface area contributed by atoms with Crippen LogP contribution >= 0.6 is 0 Å². The lowest BCUT2D eigenvalue weighted by Gasteiger charge is -2.16. The van der Waals surface area contributed by atoms with Crippen LogP contribution in [0, 0.1) is 0 Å². The predicted octanol–water partition coefficient (Wildman–Crippen LogP) is 2.54. The summed E-state index contributed by atoms with van der Waals surface area (Å²) in [5.74, 6) is 0. The highest BCUT2D eigenvalue weighted by atomic mass is 16.6. The van der Waals surface area contributed by atoms with Gasteiger partial charge in [-0.15, -0.1) is 0 Å². The van der Waals surface area contributed by atoms with E-state index in [0.717, 1.165) is 29.1 Å². The van der Waals surface area contributed by atoms with Crippen LogP contribution in [0.4, 0.5) is 16.2 Å². The molecule has 0 aliphatic carbocycles. The number of amides is 1. The Morgan fingerprint density at radius 1 is 1.48 bits per heavy atom. The molecule has 2 heterocycles. The number of H-pyrrole nitrogens is 1. The second kappa shape index (κ2) is 5.87. The largest absolute Gasteiger partial charge is 0.449 e. The fourth-order valence-electron chi connectivity index (χ4n) is 2.48. The summed E-state index contributed by atoms with van der Waals surface area (Å²) >= 11 is 0. The lowest BCUT2D eigenvalue weighted by Crippen LogP contribution is -2.29. The lowest BCUT2D eigenvalue weighted by atomic mass is 10.1. The van der Waals surface area contributed by atoms with Crippen LogP contribution in [0.25, 0.3) is 0 Å². The first kappa shape index (κ1) is 13.5. The van der Waals surface area contributed by atoms with Crippen molar-refractivity contribution in [2.75, 3.05) is 23.4 Å². The van der Waals surface area contributed by atoms with Crippen molar-refractivity contribution in [3.63, 3.8) is 0 Å². The molecule has 3 rings (SSSR count). The van der Waals surface area contributed by atoms with E-state index in [4.69, 9.17) is 4.74 Å². The summed E-state index contributed by atoms with van der Waals surface area (Å²) < 4.78 is 5.07. The van der Waals surface area contributed by atoms with Gasteiger partial charge in [0, 0.05) is 18.4 Å². The van der Waals surface area contributed by atoms with Gasteiger partial charge in [-0.2, -0.15) is 5.10 Å². The van der Waals surface area contributed by atoms with Crippen LogP contribution in [0.5, 0.6) is 0 Å². The van der Waals surface area contributed by atoms with Crippen molar-refractivity contribution in [2.24, 2.45) is 0 Å². The number of carbonyl (C=O) groups is 1. The smallest absolute Gasteiger partial charge is 0.414 e. The molecule has 0 atom stereocenters. The van der Waals surface area contributed by atoms with E-state index in [1.165, 1.54) is 0 Å². The fraction of sp³-hybridized carbons (Fsp3) is 0.333. The Kier molecular flexibility index (Phi) is 3.77. The normalized spacial score (nSPS) is 13.1. The molecular formula is C15H18N4O2. The molecule has 110 valence electrons. The first-order valence-corrected chi connectivity index (χ1v) is 7.07. The van der Waals surface area contributed by atoms with E-state index in [2.05, 4.69) is 21.6 Å². The Hall–Kier alpha value is -2.50. The van der Waals surface area contributed by atoms with Crippen molar-refractivity contribution < 1.29 is 9.53 Å². The van der Waals surface area contributed by atoms with Gasteiger partial charge in [-0.05, 0) is 43.2 Å². The van der Waals surface area contributed by atoms with Crippen LogP contribution in [-0.4, -0.2) is 29.4 Å². The maximum absolute atomic E-state index is 11.9. The number of aromatic amines is 1. The summed E-state index contributed by atoms with van der Waals surface area (Å²) in [5.41, 5.74) is 4.18. The van der Waals surface area contributed by atoms with Gasteiger partial charge in [0.15, 0.2) is 0 Å². The molecule has 2 N–H and O–H groups in total. The summed E-state index contributed by atoms with van der Waals surface area (Å²) in [6, 6.07) is 7.97. The molecule has 1 aliphatic heterocycles. The second-order valence-electron chi connectivity index (χ2n) is 4.88. The number of ether oxygens (including phenoxy) is 1. The van der Waals surface area contributed by atoms with E-state index in [9.17, 15) is 4.79 Å². The van der Waals surface area contributed by atoms with Crippen molar-refractivity contribution >= 4 is 17.5 Å². The molecule has 2 aromatic rings. The molecule has 6 heteroatoms. The number of nitrogens with zero attached hydrogens (tertiary/aromatic N) is 2. The van der Waals surface area contributed by atoms with Crippen LogP contribution in [-0.2, 0) is 17.7 Å². The molecule has 21 heavy (non-hydrogen) atoms. The molecule has 6 nitrogen and oxygen atoms in total. The van der Waals surface area contributed by atoms with Crippen molar-refractivity contribution in [1.82, 2.24) is 10.2 Å². The van der Waals surface area contributed by atoms with Crippen LogP contribution in [0.3, 0.4) is 0 Å². The molecule has 1 aromatic carbocycles. The average Bonchev–Trinajstić information content (AvgIpc) is 3.14. The van der Waals surface area contributed by atoms with Crippen LogP contribution in [0.2, 0.25) is 0 Å². The van der Waals surface area contributed by atoms with Gasteiger partial charge in [-0.25, -0.2) is 4.79 Å². The van der Waals surface area contributed by atoms with Crippen molar-refractivity contribution in [3.05, 3.63) is 41.7 Å². The minimum atomic E-state index is -0.269. The van der Waals surface area contributed by atoms with E-state index in [-0.39, 0.29) is 6.09 Å². The van der Waals surface area contributed by atoms with E-state index in [1.54, 1.807) is 11.1 Å². The minimum Gasteiger partial charge on any atom is -0.449 e. The molecule has 1 aromatic heterocycles. The summed E-state index contributed by atoms with van der Waals surface area (Å²) in [4.78, 5) is 13.5. The molecule has 1 aliphatic rings. The number of hydrogen-bond acceptors (Lipinski definition) is 4. The van der Waals surface area contributed by atoms with Gasteiger partial charge in [0.1, 0.15) is 0 Å². The standard InChI is InChI=1S/C15H18N4O2/c1-2-21-15(20)19-8-6-11-9-12(3-4-14(11)19)16-10-13-5-7-17-18-13/h3-5,7,9,16H,2,6,8,10H2,1H3,(H,17,18). The average molecular weight is 286 g/mol. The Labute approximate surface area is 123 Å². The summed E-state index contributed by atoms with van der Waals surface area (Å²) in [7, 11) is 0. The highest BCUT2D eigenvalue weighted by molar-refractivity contribution is 5.90. The maximum atomic E-state index is 11.9. The SMILES string of the molecule is CCOC(=O)N1CCc2cc(NCc3ccn[nH]3)ccc21.